The molecule has 0 saturated heterocycles. The molecule has 0 saturated carbocycles. The minimum Gasteiger partial charge on any atom is -0.330 e. The molecule has 0 aromatic heterocycles. The van der Waals surface area contributed by atoms with E-state index in [4.69, 9.17) is 0 Å². The molecule has 0 fully saturated rings. The van der Waals surface area contributed by atoms with Gasteiger partial charge in [-0.25, -0.2) is 0 Å². The fourth-order valence-electron chi connectivity index (χ4n) is 1.82. The zero-order valence-corrected chi connectivity index (χ0v) is 14.2. The summed E-state index contributed by atoms with van der Waals surface area (Å²) >= 11 is 3.29. The Bertz CT molecular complexity index is 591. The summed E-state index contributed by atoms with van der Waals surface area (Å²) in [7, 11) is 0. The smallest absolute Gasteiger partial charge is 0.270 e. The molecule has 21 heavy (non-hydrogen) atoms. The molecule has 0 unspecified atom stereocenters. The van der Waals surface area contributed by atoms with E-state index in [1.807, 2.05) is 27.7 Å². The molecule has 6 heteroatoms. The first-order valence-corrected chi connectivity index (χ1v) is 7.23. The Kier molecular flexibility index (Phi) is 5.28. The molecule has 1 amide bonds. The molecule has 0 aliphatic heterocycles. The summed E-state index contributed by atoms with van der Waals surface area (Å²) in [4.78, 5) is 24.8. The van der Waals surface area contributed by atoms with E-state index in [0.717, 1.165) is 5.57 Å². The van der Waals surface area contributed by atoms with Gasteiger partial charge in [-0.3, -0.25) is 14.9 Å². The van der Waals surface area contributed by atoms with Crippen LogP contribution in [0.25, 0.3) is 0 Å². The van der Waals surface area contributed by atoms with Gasteiger partial charge in [-0.2, -0.15) is 0 Å². The molecular weight excluding hydrogens is 336 g/mol. The predicted molar refractivity (Wildman–Crippen MR) is 86.4 cm³/mol. The zero-order valence-electron chi connectivity index (χ0n) is 12.6. The third-order valence-corrected chi connectivity index (χ3v) is 3.57. The SMILES string of the molecule is C=C(C)CN(C(=O)c1cc([N+](=O)[O-])ccc1Br)C(C)(C)C. The van der Waals surface area contributed by atoms with Crippen LogP contribution in [0.2, 0.25) is 0 Å². The fourth-order valence-corrected chi connectivity index (χ4v) is 2.24. The van der Waals surface area contributed by atoms with E-state index in [1.54, 1.807) is 4.90 Å². The van der Waals surface area contributed by atoms with Crippen LogP contribution >= 0.6 is 15.9 Å². The lowest BCUT2D eigenvalue weighted by molar-refractivity contribution is -0.384. The van der Waals surface area contributed by atoms with Crippen LogP contribution in [0.4, 0.5) is 5.69 Å². The van der Waals surface area contributed by atoms with Crippen molar-refractivity contribution in [2.75, 3.05) is 6.54 Å². The van der Waals surface area contributed by atoms with E-state index in [2.05, 4.69) is 22.5 Å². The molecule has 0 N–H and O–H groups in total. The third-order valence-electron chi connectivity index (χ3n) is 2.87. The number of hydrogen-bond donors (Lipinski definition) is 0. The van der Waals surface area contributed by atoms with Gasteiger partial charge in [0.2, 0.25) is 0 Å². The fraction of sp³-hybridized carbons (Fsp3) is 0.400. The molecule has 1 aromatic rings. The first kappa shape index (κ1) is 17.4. The lowest BCUT2D eigenvalue weighted by atomic mass is 10.0. The molecule has 0 aliphatic rings. The summed E-state index contributed by atoms with van der Waals surface area (Å²) in [5.74, 6) is -0.263. The van der Waals surface area contributed by atoms with Crippen LogP contribution in [0.3, 0.4) is 0 Å². The van der Waals surface area contributed by atoms with E-state index < -0.39 is 10.5 Å². The predicted octanol–water partition coefficient (Wildman–Crippen LogP) is 4.17. The maximum atomic E-state index is 12.8. The van der Waals surface area contributed by atoms with E-state index >= 15 is 0 Å². The number of carbonyl (C=O) groups excluding carboxylic acids is 1. The van der Waals surface area contributed by atoms with Crippen LogP contribution in [-0.2, 0) is 0 Å². The number of benzene rings is 1. The Morgan fingerprint density at radius 3 is 2.43 bits per heavy atom. The van der Waals surface area contributed by atoms with Crippen molar-refractivity contribution in [3.05, 3.63) is 50.5 Å². The normalized spacial score (nSPS) is 11.1. The van der Waals surface area contributed by atoms with Crippen LogP contribution in [0.5, 0.6) is 0 Å². The highest BCUT2D eigenvalue weighted by Crippen LogP contribution is 2.27. The van der Waals surface area contributed by atoms with Crippen molar-refractivity contribution in [2.24, 2.45) is 0 Å². The molecule has 0 atom stereocenters. The largest absolute Gasteiger partial charge is 0.330 e. The van der Waals surface area contributed by atoms with Gasteiger partial charge in [0.25, 0.3) is 11.6 Å². The van der Waals surface area contributed by atoms with Crippen molar-refractivity contribution < 1.29 is 9.72 Å². The zero-order chi connectivity index (χ0) is 16.4. The quantitative estimate of drug-likeness (QED) is 0.463. The van der Waals surface area contributed by atoms with Gasteiger partial charge < -0.3 is 4.90 Å². The van der Waals surface area contributed by atoms with Crippen molar-refractivity contribution in [2.45, 2.75) is 33.2 Å². The van der Waals surface area contributed by atoms with Gasteiger partial charge in [-0.05, 0) is 49.7 Å². The Morgan fingerprint density at radius 2 is 2.00 bits per heavy atom. The first-order chi connectivity index (χ1) is 9.54. The maximum Gasteiger partial charge on any atom is 0.270 e. The number of carbonyl (C=O) groups is 1. The topological polar surface area (TPSA) is 63.5 Å². The number of non-ortho nitro benzene ring substituents is 1. The molecule has 114 valence electrons. The Morgan fingerprint density at radius 1 is 1.43 bits per heavy atom. The van der Waals surface area contributed by atoms with E-state index in [9.17, 15) is 14.9 Å². The molecule has 0 radical (unpaired) electrons. The van der Waals surface area contributed by atoms with Crippen molar-refractivity contribution >= 4 is 27.5 Å². The molecule has 1 rings (SSSR count). The van der Waals surface area contributed by atoms with Crippen molar-refractivity contribution in [3.63, 3.8) is 0 Å². The van der Waals surface area contributed by atoms with Gasteiger partial charge in [-0.15, -0.1) is 0 Å². The lowest BCUT2D eigenvalue weighted by Gasteiger charge is -2.36. The van der Waals surface area contributed by atoms with Crippen LogP contribution < -0.4 is 0 Å². The number of rotatable bonds is 4. The average molecular weight is 355 g/mol. The Balaban J connectivity index is 3.29. The van der Waals surface area contributed by atoms with E-state index in [-0.39, 0.29) is 17.2 Å². The van der Waals surface area contributed by atoms with Crippen LogP contribution in [-0.4, -0.2) is 27.8 Å². The van der Waals surface area contributed by atoms with Crippen molar-refractivity contribution in [1.29, 1.82) is 0 Å². The minimum atomic E-state index is -0.511. The third kappa shape index (κ3) is 4.39. The summed E-state index contributed by atoms with van der Waals surface area (Å²) < 4.78 is 0.536. The van der Waals surface area contributed by atoms with Gasteiger partial charge in [0, 0.05) is 28.7 Å². The second-order valence-corrected chi connectivity index (χ2v) is 6.79. The number of nitro benzene ring substituents is 1. The number of amides is 1. The van der Waals surface area contributed by atoms with Gasteiger partial charge in [-0.1, -0.05) is 12.2 Å². The summed E-state index contributed by atoms with van der Waals surface area (Å²) in [6.07, 6.45) is 0. The molecule has 0 spiro atoms. The molecular formula is C15H19BrN2O3. The molecule has 1 aromatic carbocycles. The number of hydrogen-bond acceptors (Lipinski definition) is 3. The van der Waals surface area contributed by atoms with Gasteiger partial charge in [0.15, 0.2) is 0 Å². The second kappa shape index (κ2) is 6.39. The van der Waals surface area contributed by atoms with Crippen LogP contribution in [0, 0.1) is 10.1 Å². The summed E-state index contributed by atoms with van der Waals surface area (Å²) in [6, 6.07) is 4.18. The highest BCUT2D eigenvalue weighted by atomic mass is 79.9. The van der Waals surface area contributed by atoms with Crippen LogP contribution in [0.1, 0.15) is 38.1 Å². The first-order valence-electron chi connectivity index (χ1n) is 6.44. The molecule has 5 nitrogen and oxygen atoms in total. The summed E-state index contributed by atoms with van der Waals surface area (Å²) in [5.41, 5.74) is 0.603. The highest BCUT2D eigenvalue weighted by molar-refractivity contribution is 9.10. The van der Waals surface area contributed by atoms with Gasteiger partial charge >= 0.3 is 0 Å². The lowest BCUT2D eigenvalue weighted by Crippen LogP contribution is -2.46. The van der Waals surface area contributed by atoms with Crippen molar-refractivity contribution in [1.82, 2.24) is 4.90 Å². The number of nitro groups is 1. The highest BCUT2D eigenvalue weighted by Gasteiger charge is 2.29. The minimum absolute atomic E-state index is 0.106. The molecule has 0 bridgehead atoms. The molecule has 0 aliphatic carbocycles. The monoisotopic (exact) mass is 354 g/mol. The summed E-state index contributed by atoms with van der Waals surface area (Å²) in [6.45, 7) is 11.8. The Hall–Kier alpha value is -1.69. The maximum absolute atomic E-state index is 12.8. The average Bonchev–Trinajstić information content (AvgIpc) is 2.34. The standard InChI is InChI=1S/C15H19BrN2O3/c1-10(2)9-17(15(3,4)5)14(19)12-8-11(18(20)21)6-7-13(12)16/h6-8H,1,9H2,2-5H3. The second-order valence-electron chi connectivity index (χ2n) is 5.94. The van der Waals surface area contributed by atoms with Crippen molar-refractivity contribution in [3.8, 4) is 0 Å². The van der Waals surface area contributed by atoms with Crippen LogP contribution in [0.15, 0.2) is 34.8 Å². The van der Waals surface area contributed by atoms with E-state index in [1.165, 1.54) is 18.2 Å². The number of nitrogens with zero attached hydrogens (tertiary/aromatic N) is 2. The molecule has 0 heterocycles. The summed E-state index contributed by atoms with van der Waals surface area (Å²) in [5, 5.41) is 10.9. The van der Waals surface area contributed by atoms with E-state index in [0.29, 0.717) is 11.0 Å². The van der Waals surface area contributed by atoms with Gasteiger partial charge in [0.05, 0.1) is 10.5 Å². The Labute approximate surface area is 132 Å². The number of halogens is 1. The van der Waals surface area contributed by atoms with Gasteiger partial charge in [0.1, 0.15) is 0 Å².